The first-order chi connectivity index (χ1) is 4.72. The van der Waals surface area contributed by atoms with E-state index in [4.69, 9.17) is 19.7 Å². The van der Waals surface area contributed by atoms with Gasteiger partial charge in [-0.2, -0.15) is 0 Å². The van der Waals surface area contributed by atoms with Crippen LogP contribution in [0.4, 0.5) is 0 Å². The SMILES string of the molecule is COC1(CO)CC(O)CO1. The van der Waals surface area contributed by atoms with Crippen LogP contribution in [0.3, 0.4) is 0 Å². The molecule has 0 aromatic carbocycles. The molecule has 0 saturated carbocycles. The molecule has 1 heterocycles. The minimum absolute atomic E-state index is 0.208. The Morgan fingerprint density at radius 3 is 2.70 bits per heavy atom. The molecule has 1 fully saturated rings. The third kappa shape index (κ3) is 1.29. The van der Waals surface area contributed by atoms with Gasteiger partial charge in [-0.3, -0.25) is 0 Å². The molecule has 0 aromatic heterocycles. The summed E-state index contributed by atoms with van der Waals surface area (Å²) in [5.41, 5.74) is 0. The highest BCUT2D eigenvalue weighted by molar-refractivity contribution is 4.79. The second-order valence-electron chi connectivity index (χ2n) is 2.44. The maximum Gasteiger partial charge on any atom is 0.193 e. The van der Waals surface area contributed by atoms with Crippen LogP contribution in [-0.2, 0) is 9.47 Å². The van der Waals surface area contributed by atoms with Gasteiger partial charge in [-0.25, -0.2) is 0 Å². The highest BCUT2D eigenvalue weighted by Crippen LogP contribution is 2.25. The van der Waals surface area contributed by atoms with Crippen molar-refractivity contribution in [3.05, 3.63) is 0 Å². The van der Waals surface area contributed by atoms with Crippen molar-refractivity contribution >= 4 is 0 Å². The summed E-state index contributed by atoms with van der Waals surface area (Å²) >= 11 is 0. The van der Waals surface area contributed by atoms with Gasteiger partial charge in [-0.15, -0.1) is 0 Å². The van der Waals surface area contributed by atoms with E-state index in [0.29, 0.717) is 6.42 Å². The number of hydrogen-bond acceptors (Lipinski definition) is 4. The summed E-state index contributed by atoms with van der Waals surface area (Å²) in [6.07, 6.45) is -0.160. The fraction of sp³-hybridized carbons (Fsp3) is 1.00. The standard InChI is InChI=1S/C6H12O4/c1-9-6(4-7)2-5(8)3-10-6/h5,7-8H,2-4H2,1H3. The maximum absolute atomic E-state index is 9.01. The minimum Gasteiger partial charge on any atom is -0.391 e. The van der Waals surface area contributed by atoms with E-state index in [1.807, 2.05) is 0 Å². The van der Waals surface area contributed by atoms with Crippen molar-refractivity contribution in [2.75, 3.05) is 20.3 Å². The van der Waals surface area contributed by atoms with Crippen molar-refractivity contribution in [2.24, 2.45) is 0 Å². The Balaban J connectivity index is 2.51. The summed E-state index contributed by atoms with van der Waals surface area (Å²) in [5.74, 6) is -0.945. The Morgan fingerprint density at radius 2 is 2.50 bits per heavy atom. The molecule has 0 spiro atoms. The number of hydrogen-bond donors (Lipinski definition) is 2. The van der Waals surface area contributed by atoms with Crippen LogP contribution in [0.2, 0.25) is 0 Å². The second kappa shape index (κ2) is 2.84. The first-order valence-electron chi connectivity index (χ1n) is 3.20. The zero-order valence-corrected chi connectivity index (χ0v) is 5.91. The summed E-state index contributed by atoms with van der Waals surface area (Å²) < 4.78 is 9.92. The fourth-order valence-corrected chi connectivity index (χ4v) is 1.04. The van der Waals surface area contributed by atoms with Crippen molar-refractivity contribution in [1.29, 1.82) is 0 Å². The van der Waals surface area contributed by atoms with E-state index >= 15 is 0 Å². The van der Waals surface area contributed by atoms with E-state index in [1.54, 1.807) is 0 Å². The van der Waals surface area contributed by atoms with E-state index < -0.39 is 11.9 Å². The van der Waals surface area contributed by atoms with Crippen LogP contribution in [0.15, 0.2) is 0 Å². The molecule has 4 nitrogen and oxygen atoms in total. The van der Waals surface area contributed by atoms with E-state index in [9.17, 15) is 0 Å². The van der Waals surface area contributed by atoms with Gasteiger partial charge >= 0.3 is 0 Å². The van der Waals surface area contributed by atoms with Crippen molar-refractivity contribution in [3.8, 4) is 0 Å². The normalized spacial score (nSPS) is 40.5. The highest BCUT2D eigenvalue weighted by Gasteiger charge is 2.39. The van der Waals surface area contributed by atoms with Crippen LogP contribution < -0.4 is 0 Å². The van der Waals surface area contributed by atoms with Crippen LogP contribution in [0.25, 0.3) is 0 Å². The van der Waals surface area contributed by atoms with Gasteiger partial charge in [0.1, 0.15) is 0 Å². The van der Waals surface area contributed by atoms with Crippen molar-refractivity contribution < 1.29 is 19.7 Å². The van der Waals surface area contributed by atoms with Gasteiger partial charge < -0.3 is 19.7 Å². The third-order valence-electron chi connectivity index (χ3n) is 1.70. The molecule has 4 heteroatoms. The quantitative estimate of drug-likeness (QED) is 0.533. The zero-order chi connectivity index (χ0) is 7.61. The molecule has 0 aromatic rings. The van der Waals surface area contributed by atoms with Gasteiger partial charge in [-0.1, -0.05) is 0 Å². The maximum atomic E-state index is 9.01. The Morgan fingerprint density at radius 1 is 1.80 bits per heavy atom. The van der Waals surface area contributed by atoms with E-state index in [1.165, 1.54) is 7.11 Å². The molecule has 0 aliphatic carbocycles. The van der Waals surface area contributed by atoms with Crippen LogP contribution >= 0.6 is 0 Å². The Bertz CT molecular complexity index is 110. The molecule has 1 saturated heterocycles. The van der Waals surface area contributed by atoms with Gasteiger partial charge in [0.05, 0.1) is 19.3 Å². The van der Waals surface area contributed by atoms with Gasteiger partial charge in [0.2, 0.25) is 0 Å². The molecule has 60 valence electrons. The fourth-order valence-electron chi connectivity index (χ4n) is 1.04. The predicted molar refractivity (Wildman–Crippen MR) is 33.4 cm³/mol. The number of aliphatic hydroxyl groups excluding tert-OH is 2. The number of aliphatic hydroxyl groups is 2. The number of ether oxygens (including phenoxy) is 2. The Kier molecular flexibility index (Phi) is 2.25. The summed E-state index contributed by atoms with van der Waals surface area (Å²) in [6.45, 7) is 0.0367. The summed E-state index contributed by atoms with van der Waals surface area (Å²) in [4.78, 5) is 0. The smallest absolute Gasteiger partial charge is 0.193 e. The Hall–Kier alpha value is -0.160. The van der Waals surface area contributed by atoms with E-state index in [-0.39, 0.29) is 13.2 Å². The van der Waals surface area contributed by atoms with Gasteiger partial charge in [0.25, 0.3) is 0 Å². The average Bonchev–Trinajstić information content (AvgIpc) is 2.33. The molecule has 2 unspecified atom stereocenters. The van der Waals surface area contributed by atoms with E-state index in [2.05, 4.69) is 0 Å². The largest absolute Gasteiger partial charge is 0.391 e. The molecule has 0 radical (unpaired) electrons. The van der Waals surface area contributed by atoms with Gasteiger partial charge in [0, 0.05) is 13.5 Å². The van der Waals surface area contributed by atoms with Gasteiger partial charge in [0.15, 0.2) is 5.79 Å². The number of rotatable bonds is 2. The van der Waals surface area contributed by atoms with E-state index in [0.717, 1.165) is 0 Å². The van der Waals surface area contributed by atoms with Crippen LogP contribution in [0.1, 0.15) is 6.42 Å². The van der Waals surface area contributed by atoms with Crippen molar-refractivity contribution in [1.82, 2.24) is 0 Å². The summed E-state index contributed by atoms with van der Waals surface area (Å²) in [7, 11) is 1.45. The number of methoxy groups -OCH3 is 1. The topological polar surface area (TPSA) is 58.9 Å². The molecule has 0 bridgehead atoms. The molecular formula is C6H12O4. The minimum atomic E-state index is -0.945. The predicted octanol–water partition coefficient (Wildman–Crippen LogP) is -0.897. The van der Waals surface area contributed by atoms with Crippen molar-refractivity contribution in [2.45, 2.75) is 18.3 Å². The third-order valence-corrected chi connectivity index (χ3v) is 1.70. The second-order valence-corrected chi connectivity index (χ2v) is 2.44. The molecular weight excluding hydrogens is 136 g/mol. The van der Waals surface area contributed by atoms with Crippen LogP contribution in [-0.4, -0.2) is 42.4 Å². The lowest BCUT2D eigenvalue weighted by molar-refractivity contribution is -0.213. The highest BCUT2D eigenvalue weighted by atomic mass is 16.7. The van der Waals surface area contributed by atoms with Crippen molar-refractivity contribution in [3.63, 3.8) is 0 Å². The molecule has 2 atom stereocenters. The van der Waals surface area contributed by atoms with Crippen LogP contribution in [0, 0.1) is 0 Å². The monoisotopic (exact) mass is 148 g/mol. The lowest BCUT2D eigenvalue weighted by atomic mass is 10.2. The molecule has 1 aliphatic rings. The zero-order valence-electron chi connectivity index (χ0n) is 5.91. The molecule has 1 aliphatic heterocycles. The summed E-state index contributed by atoms with van der Waals surface area (Å²) in [6, 6.07) is 0. The lowest BCUT2D eigenvalue weighted by Crippen LogP contribution is -2.34. The van der Waals surface area contributed by atoms with Crippen LogP contribution in [0.5, 0.6) is 0 Å². The average molecular weight is 148 g/mol. The summed E-state index contributed by atoms with van der Waals surface area (Å²) in [5, 5.41) is 17.8. The van der Waals surface area contributed by atoms with Gasteiger partial charge in [-0.05, 0) is 0 Å². The first kappa shape index (κ1) is 7.94. The Labute approximate surface area is 59.4 Å². The lowest BCUT2D eigenvalue weighted by Gasteiger charge is -2.23. The molecule has 0 amide bonds. The molecule has 2 N–H and O–H groups in total. The molecule has 10 heavy (non-hydrogen) atoms. The molecule has 1 rings (SSSR count). The first-order valence-corrected chi connectivity index (χ1v) is 3.20.